The van der Waals surface area contributed by atoms with E-state index in [4.69, 9.17) is 0 Å². The molecule has 94 valence electrons. The van der Waals surface area contributed by atoms with Crippen LogP contribution in [0.1, 0.15) is 0 Å². The van der Waals surface area contributed by atoms with Gasteiger partial charge in [0.1, 0.15) is 11.6 Å². The van der Waals surface area contributed by atoms with Crippen LogP contribution in [0.3, 0.4) is 0 Å². The lowest BCUT2D eigenvalue weighted by Gasteiger charge is -2.09. The first kappa shape index (κ1) is 12.9. The van der Waals surface area contributed by atoms with E-state index in [1.165, 1.54) is 12.3 Å². The van der Waals surface area contributed by atoms with Crippen LogP contribution in [0.5, 0.6) is 5.75 Å². The van der Waals surface area contributed by atoms with E-state index < -0.39 is 6.61 Å². The average Bonchev–Trinajstić information content (AvgIpc) is 2.33. The molecule has 2 aromatic rings. The molecule has 0 aliphatic carbocycles. The van der Waals surface area contributed by atoms with Gasteiger partial charge in [0.05, 0.1) is 9.13 Å². The van der Waals surface area contributed by atoms with E-state index in [2.05, 4.69) is 14.7 Å². The summed E-state index contributed by atoms with van der Waals surface area (Å²) in [4.78, 5) is 18.0. The fourth-order valence-corrected chi connectivity index (χ4v) is 1.65. The topological polar surface area (TPSA) is 55.0 Å². The molecule has 0 bridgehead atoms. The third-order valence-electron chi connectivity index (χ3n) is 2.11. The molecular formula is C11H7F2IN2O2. The Labute approximate surface area is 114 Å². The Hall–Kier alpha value is -1.51. The van der Waals surface area contributed by atoms with Crippen molar-refractivity contribution < 1.29 is 13.5 Å². The molecule has 0 saturated heterocycles. The minimum Gasteiger partial charge on any atom is -0.434 e. The highest BCUT2D eigenvalue weighted by Crippen LogP contribution is 2.27. The number of nitrogens with one attached hydrogen (secondary N) is 1. The average molecular weight is 364 g/mol. The predicted octanol–water partition coefficient (Wildman–Crippen LogP) is 2.64. The number of halogens is 3. The molecule has 0 unspecified atom stereocenters. The Balaban J connectivity index is 2.49. The molecule has 1 heterocycles. The van der Waals surface area contributed by atoms with E-state index in [1.54, 1.807) is 18.2 Å². The second-order valence-electron chi connectivity index (χ2n) is 3.28. The largest absolute Gasteiger partial charge is 0.434 e. The third kappa shape index (κ3) is 2.84. The van der Waals surface area contributed by atoms with Crippen molar-refractivity contribution in [2.45, 2.75) is 6.61 Å². The smallest absolute Gasteiger partial charge is 0.387 e. The fourth-order valence-electron chi connectivity index (χ4n) is 1.38. The number of para-hydroxylation sites is 1. The van der Waals surface area contributed by atoms with Gasteiger partial charge < -0.3 is 9.72 Å². The second-order valence-corrected chi connectivity index (χ2v) is 4.45. The second kappa shape index (κ2) is 5.42. The summed E-state index contributed by atoms with van der Waals surface area (Å²) < 4.78 is 29.3. The van der Waals surface area contributed by atoms with Gasteiger partial charge in [-0.3, -0.25) is 4.79 Å². The molecular weight excluding hydrogens is 357 g/mol. The van der Waals surface area contributed by atoms with Crippen LogP contribution in [-0.4, -0.2) is 16.6 Å². The fraction of sp³-hybridized carbons (Fsp3) is 0.0909. The van der Waals surface area contributed by atoms with Crippen molar-refractivity contribution in [1.82, 2.24) is 9.97 Å². The van der Waals surface area contributed by atoms with Crippen molar-refractivity contribution in [2.75, 3.05) is 0 Å². The van der Waals surface area contributed by atoms with Crippen LogP contribution >= 0.6 is 22.6 Å². The Morgan fingerprint density at radius 3 is 2.72 bits per heavy atom. The zero-order valence-electron chi connectivity index (χ0n) is 8.86. The van der Waals surface area contributed by atoms with Gasteiger partial charge in [-0.2, -0.15) is 8.78 Å². The number of alkyl halides is 2. The zero-order valence-corrected chi connectivity index (χ0v) is 11.0. The number of ether oxygens (including phenoxy) is 1. The summed E-state index contributed by atoms with van der Waals surface area (Å²) in [5.41, 5.74) is -0.0150. The Bertz CT molecular complexity index is 616. The first-order valence-corrected chi connectivity index (χ1v) is 5.95. The molecule has 0 aliphatic rings. The highest BCUT2D eigenvalue weighted by atomic mass is 127. The molecule has 2 rings (SSSR count). The van der Waals surface area contributed by atoms with Crippen LogP contribution in [0, 0.1) is 3.57 Å². The van der Waals surface area contributed by atoms with Gasteiger partial charge in [-0.15, -0.1) is 0 Å². The Morgan fingerprint density at radius 2 is 2.06 bits per heavy atom. The lowest BCUT2D eigenvalue weighted by molar-refractivity contribution is -0.0494. The number of aromatic amines is 1. The summed E-state index contributed by atoms with van der Waals surface area (Å²) in [5, 5.41) is 0. The van der Waals surface area contributed by atoms with Crippen LogP contribution in [0.4, 0.5) is 8.78 Å². The quantitative estimate of drug-likeness (QED) is 0.853. The normalized spacial score (nSPS) is 10.7. The number of hydrogen-bond acceptors (Lipinski definition) is 3. The van der Waals surface area contributed by atoms with Crippen molar-refractivity contribution >= 4 is 22.6 Å². The van der Waals surface area contributed by atoms with Gasteiger partial charge in [-0.05, 0) is 34.7 Å². The van der Waals surface area contributed by atoms with Crippen LogP contribution in [0.2, 0.25) is 0 Å². The molecule has 0 amide bonds. The molecule has 1 aromatic carbocycles. The summed E-state index contributed by atoms with van der Waals surface area (Å²) in [6.45, 7) is -2.93. The molecule has 0 saturated carbocycles. The molecule has 0 spiro atoms. The predicted molar refractivity (Wildman–Crippen MR) is 69.6 cm³/mol. The van der Waals surface area contributed by atoms with Gasteiger partial charge in [0.15, 0.2) is 0 Å². The van der Waals surface area contributed by atoms with Gasteiger partial charge in [-0.1, -0.05) is 12.1 Å². The van der Waals surface area contributed by atoms with E-state index in [1.807, 2.05) is 22.6 Å². The van der Waals surface area contributed by atoms with E-state index in [9.17, 15) is 13.6 Å². The summed E-state index contributed by atoms with van der Waals surface area (Å²) in [6, 6.07) is 6.14. The van der Waals surface area contributed by atoms with Gasteiger partial charge in [0.25, 0.3) is 5.56 Å². The lowest BCUT2D eigenvalue weighted by Crippen LogP contribution is -2.12. The summed E-state index contributed by atoms with van der Waals surface area (Å²) in [6.07, 6.45) is 1.37. The molecule has 4 nitrogen and oxygen atoms in total. The van der Waals surface area contributed by atoms with Gasteiger partial charge >= 0.3 is 6.61 Å². The van der Waals surface area contributed by atoms with Gasteiger partial charge in [-0.25, -0.2) is 4.98 Å². The van der Waals surface area contributed by atoms with Crippen molar-refractivity contribution in [1.29, 1.82) is 0 Å². The summed E-state index contributed by atoms with van der Waals surface area (Å²) in [5.74, 6) is 0.161. The summed E-state index contributed by atoms with van der Waals surface area (Å²) in [7, 11) is 0. The molecule has 1 aromatic heterocycles. The first-order chi connectivity index (χ1) is 8.58. The number of hydrogen-bond donors (Lipinski definition) is 1. The van der Waals surface area contributed by atoms with Crippen LogP contribution in [0.25, 0.3) is 11.4 Å². The molecule has 18 heavy (non-hydrogen) atoms. The third-order valence-corrected chi connectivity index (χ3v) is 2.88. The number of nitrogens with zero attached hydrogens (tertiary/aromatic N) is 1. The van der Waals surface area contributed by atoms with Crippen molar-refractivity contribution in [3.05, 3.63) is 44.4 Å². The van der Waals surface area contributed by atoms with E-state index in [0.29, 0.717) is 9.13 Å². The number of rotatable bonds is 3. The highest BCUT2D eigenvalue weighted by Gasteiger charge is 2.12. The monoisotopic (exact) mass is 364 g/mol. The molecule has 0 fully saturated rings. The molecule has 1 N–H and O–H groups in total. The minimum atomic E-state index is -2.93. The highest BCUT2D eigenvalue weighted by molar-refractivity contribution is 14.1. The maximum absolute atomic E-state index is 12.2. The standard InChI is InChI=1S/C11H7F2IN2O2/c12-11(13)18-8-4-2-1-3-6(8)9-15-5-7(14)10(17)16-9/h1-5,11H,(H,15,16,17). The minimum absolute atomic E-state index is 0.0307. The number of H-pyrrole nitrogens is 1. The van der Waals surface area contributed by atoms with E-state index >= 15 is 0 Å². The number of benzene rings is 1. The van der Waals surface area contributed by atoms with E-state index in [-0.39, 0.29) is 17.1 Å². The lowest BCUT2D eigenvalue weighted by atomic mass is 10.2. The summed E-state index contributed by atoms with van der Waals surface area (Å²) >= 11 is 1.83. The Morgan fingerprint density at radius 1 is 1.33 bits per heavy atom. The van der Waals surface area contributed by atoms with Crippen molar-refractivity contribution in [3.63, 3.8) is 0 Å². The maximum atomic E-state index is 12.2. The van der Waals surface area contributed by atoms with Crippen LogP contribution in [-0.2, 0) is 0 Å². The molecule has 7 heteroatoms. The van der Waals surface area contributed by atoms with Crippen molar-refractivity contribution in [2.24, 2.45) is 0 Å². The molecule has 0 aliphatic heterocycles. The van der Waals surface area contributed by atoms with Gasteiger partial charge in [0, 0.05) is 6.20 Å². The first-order valence-electron chi connectivity index (χ1n) is 4.87. The van der Waals surface area contributed by atoms with Crippen molar-refractivity contribution in [3.8, 4) is 17.1 Å². The SMILES string of the molecule is O=c1[nH]c(-c2ccccc2OC(F)F)ncc1I. The Kier molecular flexibility index (Phi) is 3.90. The zero-order chi connectivity index (χ0) is 13.1. The van der Waals surface area contributed by atoms with Crippen LogP contribution < -0.4 is 10.3 Å². The maximum Gasteiger partial charge on any atom is 0.387 e. The molecule has 0 atom stereocenters. The number of aromatic nitrogens is 2. The van der Waals surface area contributed by atoms with E-state index in [0.717, 1.165) is 0 Å². The van der Waals surface area contributed by atoms with Crippen LogP contribution in [0.15, 0.2) is 35.3 Å². The molecule has 0 radical (unpaired) electrons. The van der Waals surface area contributed by atoms with Gasteiger partial charge in [0.2, 0.25) is 0 Å².